The molecule has 180 valence electrons. The van der Waals surface area contributed by atoms with Gasteiger partial charge in [0.1, 0.15) is 11.8 Å². The van der Waals surface area contributed by atoms with Crippen LogP contribution in [0.25, 0.3) is 0 Å². The molecule has 3 aliphatic heterocycles. The average Bonchev–Trinajstić information content (AvgIpc) is 3.12. The van der Waals surface area contributed by atoms with Gasteiger partial charge in [0.2, 0.25) is 5.91 Å². The second-order valence-electron chi connectivity index (χ2n) is 9.40. The molecule has 3 atom stereocenters. The number of rotatable bonds is 9. The van der Waals surface area contributed by atoms with Gasteiger partial charge in [-0.2, -0.15) is 0 Å². The van der Waals surface area contributed by atoms with Crippen LogP contribution in [-0.2, 0) is 16.0 Å². The molecule has 0 radical (unpaired) electrons. The fraction of sp³-hybridized carbons (Fsp3) is 0.640. The maximum Gasteiger partial charge on any atom is 0.324 e. The van der Waals surface area contributed by atoms with E-state index in [9.17, 15) is 14.4 Å². The summed E-state index contributed by atoms with van der Waals surface area (Å²) < 4.78 is 5.35. The fourth-order valence-electron chi connectivity index (χ4n) is 5.55. The van der Waals surface area contributed by atoms with Crippen molar-refractivity contribution in [2.75, 3.05) is 33.3 Å². The van der Waals surface area contributed by atoms with Gasteiger partial charge in [-0.3, -0.25) is 14.5 Å². The molecule has 4 amide bonds. The summed E-state index contributed by atoms with van der Waals surface area (Å²) in [7, 11) is 1.60. The Morgan fingerprint density at radius 1 is 1.15 bits per heavy atom. The van der Waals surface area contributed by atoms with Gasteiger partial charge in [-0.1, -0.05) is 24.6 Å². The Morgan fingerprint density at radius 3 is 2.82 bits per heavy atom. The maximum atomic E-state index is 12.7. The molecule has 0 bridgehead atoms. The number of para-hydroxylation sites is 1. The van der Waals surface area contributed by atoms with Gasteiger partial charge in [-0.15, -0.1) is 0 Å². The molecule has 3 heterocycles. The van der Waals surface area contributed by atoms with Crippen LogP contribution in [0.3, 0.4) is 0 Å². The number of urea groups is 1. The van der Waals surface area contributed by atoms with Gasteiger partial charge in [-0.05, 0) is 69.2 Å². The van der Waals surface area contributed by atoms with Crippen molar-refractivity contribution in [3.8, 4) is 5.75 Å². The molecule has 0 aromatic heterocycles. The van der Waals surface area contributed by atoms with E-state index in [1.807, 2.05) is 24.3 Å². The molecule has 3 saturated heterocycles. The molecule has 3 aliphatic rings. The molecule has 0 spiro atoms. The minimum atomic E-state index is -0.635. The lowest BCUT2D eigenvalue weighted by atomic mass is 9.83. The smallest absolute Gasteiger partial charge is 0.324 e. The van der Waals surface area contributed by atoms with Crippen molar-refractivity contribution in [3.63, 3.8) is 0 Å². The number of benzene rings is 1. The van der Waals surface area contributed by atoms with Gasteiger partial charge in [0.15, 0.2) is 0 Å². The zero-order chi connectivity index (χ0) is 23.2. The van der Waals surface area contributed by atoms with Crippen LogP contribution in [0.1, 0.15) is 50.5 Å². The van der Waals surface area contributed by atoms with Crippen molar-refractivity contribution in [1.29, 1.82) is 0 Å². The molecule has 8 nitrogen and oxygen atoms in total. The number of fused-ring (bicyclic) bond motifs is 1. The van der Waals surface area contributed by atoms with Crippen LogP contribution in [0.15, 0.2) is 24.3 Å². The third kappa shape index (κ3) is 5.66. The summed E-state index contributed by atoms with van der Waals surface area (Å²) in [6, 6.07) is 7.16. The van der Waals surface area contributed by atoms with Crippen molar-refractivity contribution >= 4 is 17.8 Å². The van der Waals surface area contributed by atoms with Crippen LogP contribution in [-0.4, -0.2) is 73.0 Å². The predicted octanol–water partition coefficient (Wildman–Crippen LogP) is 2.32. The minimum absolute atomic E-state index is 0.0440. The number of hydrogen-bond acceptors (Lipinski definition) is 5. The standard InChI is InChI=1S/C25H36N4O4/c1-33-22-10-3-2-7-18(22)13-16-29-24(31)20(27-25(29)32)11-12-23(30)26-17-19-8-6-15-28-14-5-4-9-21(19)28/h2-3,7,10,19-21H,4-6,8-9,11-17H2,1H3,(H,26,30)(H,27,32)/t19-,20-,21+/m1/s1. The second-order valence-corrected chi connectivity index (χ2v) is 9.40. The number of nitrogens with one attached hydrogen (secondary N) is 2. The molecule has 0 saturated carbocycles. The van der Waals surface area contributed by atoms with Gasteiger partial charge >= 0.3 is 6.03 Å². The number of nitrogens with zero attached hydrogens (tertiary/aromatic N) is 2. The molecular formula is C25H36N4O4. The van der Waals surface area contributed by atoms with Crippen molar-refractivity contribution in [3.05, 3.63) is 29.8 Å². The predicted molar refractivity (Wildman–Crippen MR) is 125 cm³/mol. The van der Waals surface area contributed by atoms with Crippen molar-refractivity contribution in [1.82, 2.24) is 20.4 Å². The third-order valence-electron chi connectivity index (χ3n) is 7.35. The van der Waals surface area contributed by atoms with E-state index in [0.29, 0.717) is 31.3 Å². The first-order valence-electron chi connectivity index (χ1n) is 12.3. The molecule has 8 heteroatoms. The zero-order valence-corrected chi connectivity index (χ0v) is 19.6. The van der Waals surface area contributed by atoms with Crippen molar-refractivity contribution in [2.24, 2.45) is 5.92 Å². The Labute approximate surface area is 196 Å². The van der Waals surface area contributed by atoms with Gasteiger partial charge in [0, 0.05) is 25.6 Å². The van der Waals surface area contributed by atoms with Crippen molar-refractivity contribution in [2.45, 2.75) is 63.5 Å². The van der Waals surface area contributed by atoms with Gasteiger partial charge in [-0.25, -0.2) is 4.79 Å². The quantitative estimate of drug-likeness (QED) is 0.557. The number of amides is 4. The number of methoxy groups -OCH3 is 1. The molecule has 0 aliphatic carbocycles. The highest BCUT2D eigenvalue weighted by Crippen LogP contribution is 2.30. The van der Waals surface area contributed by atoms with E-state index < -0.39 is 6.04 Å². The Kier molecular flexibility index (Phi) is 7.85. The molecule has 33 heavy (non-hydrogen) atoms. The molecule has 3 fully saturated rings. The SMILES string of the molecule is COc1ccccc1CCN1C(=O)N[C@H](CCC(=O)NC[C@H]2CCCN3CCCC[C@@H]23)C1=O. The second kappa shape index (κ2) is 11.0. The van der Waals surface area contributed by atoms with Crippen LogP contribution in [0.2, 0.25) is 0 Å². The van der Waals surface area contributed by atoms with E-state index in [2.05, 4.69) is 15.5 Å². The number of carbonyl (C=O) groups is 3. The first kappa shape index (κ1) is 23.5. The normalized spacial score (nSPS) is 25.5. The van der Waals surface area contributed by atoms with E-state index in [-0.39, 0.29) is 30.8 Å². The summed E-state index contributed by atoms with van der Waals surface area (Å²) in [5.41, 5.74) is 0.947. The summed E-state index contributed by atoms with van der Waals surface area (Å²) in [6.45, 7) is 3.36. The lowest BCUT2D eigenvalue weighted by Gasteiger charge is -2.44. The minimum Gasteiger partial charge on any atom is -0.496 e. The Bertz CT molecular complexity index is 859. The molecule has 0 unspecified atom stereocenters. The highest BCUT2D eigenvalue weighted by Gasteiger charge is 2.38. The van der Waals surface area contributed by atoms with E-state index in [0.717, 1.165) is 11.3 Å². The third-order valence-corrected chi connectivity index (χ3v) is 7.35. The molecule has 2 N–H and O–H groups in total. The molecule has 4 rings (SSSR count). The highest BCUT2D eigenvalue weighted by atomic mass is 16.5. The summed E-state index contributed by atoms with van der Waals surface area (Å²) in [4.78, 5) is 41.4. The lowest BCUT2D eigenvalue weighted by Crippen LogP contribution is -2.51. The maximum absolute atomic E-state index is 12.7. The van der Waals surface area contributed by atoms with E-state index in [4.69, 9.17) is 4.74 Å². The van der Waals surface area contributed by atoms with Gasteiger partial charge in [0.25, 0.3) is 5.91 Å². The van der Waals surface area contributed by atoms with Gasteiger partial charge in [0.05, 0.1) is 7.11 Å². The lowest BCUT2D eigenvalue weighted by molar-refractivity contribution is -0.127. The van der Waals surface area contributed by atoms with E-state index >= 15 is 0 Å². The van der Waals surface area contributed by atoms with E-state index in [1.54, 1.807) is 7.11 Å². The first-order chi connectivity index (χ1) is 16.1. The van der Waals surface area contributed by atoms with Crippen LogP contribution in [0.4, 0.5) is 4.79 Å². The van der Waals surface area contributed by atoms with Crippen LogP contribution in [0, 0.1) is 5.92 Å². The molecule has 1 aromatic rings. The topological polar surface area (TPSA) is 91.0 Å². The molecular weight excluding hydrogens is 420 g/mol. The zero-order valence-electron chi connectivity index (χ0n) is 19.6. The summed E-state index contributed by atoms with van der Waals surface area (Å²) >= 11 is 0. The summed E-state index contributed by atoms with van der Waals surface area (Å²) in [5.74, 6) is 0.957. The fourth-order valence-corrected chi connectivity index (χ4v) is 5.55. The van der Waals surface area contributed by atoms with Crippen LogP contribution in [0.5, 0.6) is 5.75 Å². The number of ether oxygens (including phenoxy) is 1. The number of piperidine rings is 2. The number of hydrogen-bond donors (Lipinski definition) is 2. The number of carbonyl (C=O) groups excluding carboxylic acids is 3. The van der Waals surface area contributed by atoms with Crippen LogP contribution < -0.4 is 15.4 Å². The monoisotopic (exact) mass is 456 g/mol. The van der Waals surface area contributed by atoms with E-state index in [1.165, 1.54) is 50.1 Å². The highest BCUT2D eigenvalue weighted by molar-refractivity contribution is 6.04. The van der Waals surface area contributed by atoms with Crippen molar-refractivity contribution < 1.29 is 19.1 Å². The van der Waals surface area contributed by atoms with Gasteiger partial charge < -0.3 is 20.3 Å². The summed E-state index contributed by atoms with van der Waals surface area (Å²) in [6.07, 6.45) is 7.24. The Morgan fingerprint density at radius 2 is 1.97 bits per heavy atom. The Hall–Kier alpha value is -2.61. The average molecular weight is 457 g/mol. The Balaban J connectivity index is 1.21. The largest absolute Gasteiger partial charge is 0.496 e. The first-order valence-corrected chi connectivity index (χ1v) is 12.3. The summed E-state index contributed by atoms with van der Waals surface area (Å²) in [5, 5.41) is 5.83. The molecule has 1 aromatic carbocycles. The number of imide groups is 1. The van der Waals surface area contributed by atoms with Crippen LogP contribution >= 0.6 is 0 Å².